The molecule has 72 heavy (non-hydrogen) atoms. The van der Waals surface area contributed by atoms with E-state index >= 15 is 0 Å². The molecule has 0 bridgehead atoms. The van der Waals surface area contributed by atoms with Crippen LogP contribution in [0, 0.1) is 0 Å². The second kappa shape index (κ2) is 15.1. The first kappa shape index (κ1) is 40.3. The summed E-state index contributed by atoms with van der Waals surface area (Å²) in [4.78, 5) is 5.09. The topological polar surface area (TPSA) is 12.5 Å². The van der Waals surface area contributed by atoms with Gasteiger partial charge >= 0.3 is 0 Å². The minimum Gasteiger partial charge on any atom is -0.457 e. The van der Waals surface area contributed by atoms with E-state index in [4.69, 9.17) is 4.74 Å². The molecule has 4 aliphatic rings. The fourth-order valence-corrected chi connectivity index (χ4v) is 15.5. The molecule has 11 aromatic carbocycles. The van der Waals surface area contributed by atoms with Crippen molar-refractivity contribution in [2.45, 2.75) is 20.6 Å². The molecule has 0 amide bonds. The fraction of sp³-hybridized carbons (Fsp3) is 0.0294. The summed E-state index contributed by atoms with van der Waals surface area (Å²) >= 11 is 3.75. The van der Waals surface area contributed by atoms with Crippen molar-refractivity contribution in [2.75, 3.05) is 4.90 Å². The average molecular weight is 952 g/mol. The van der Waals surface area contributed by atoms with Crippen molar-refractivity contribution in [2.24, 2.45) is 0 Å². The molecule has 12 aromatic rings. The molecule has 0 radical (unpaired) electrons. The van der Waals surface area contributed by atoms with Crippen LogP contribution in [-0.4, -0.2) is 0 Å². The Balaban J connectivity index is 0.942. The van der Waals surface area contributed by atoms with Gasteiger partial charge in [0.1, 0.15) is 11.5 Å². The lowest BCUT2D eigenvalue weighted by Crippen LogP contribution is -2.32. The highest BCUT2D eigenvalue weighted by Crippen LogP contribution is 2.65. The first-order valence-corrected chi connectivity index (χ1v) is 26.4. The summed E-state index contributed by atoms with van der Waals surface area (Å²) in [5, 5.41) is 2.63. The molecule has 2 aliphatic carbocycles. The zero-order valence-corrected chi connectivity index (χ0v) is 40.5. The largest absolute Gasteiger partial charge is 0.457 e. The van der Waals surface area contributed by atoms with Crippen LogP contribution >= 0.6 is 23.1 Å². The van der Waals surface area contributed by atoms with E-state index in [1.54, 1.807) is 0 Å². The van der Waals surface area contributed by atoms with E-state index in [1.807, 2.05) is 23.1 Å². The van der Waals surface area contributed by atoms with Crippen LogP contribution in [0.25, 0.3) is 53.6 Å². The van der Waals surface area contributed by atoms with E-state index in [0.717, 1.165) is 28.6 Å². The maximum atomic E-state index is 6.70. The van der Waals surface area contributed by atoms with Crippen LogP contribution in [0.1, 0.15) is 44.5 Å². The van der Waals surface area contributed by atoms with Gasteiger partial charge in [-0.3, -0.25) is 0 Å². The summed E-state index contributed by atoms with van der Waals surface area (Å²) in [5.74, 6) is 1.79. The Morgan fingerprint density at radius 2 is 0.806 bits per heavy atom. The molecule has 4 heteroatoms. The predicted molar refractivity (Wildman–Crippen MR) is 298 cm³/mol. The van der Waals surface area contributed by atoms with Crippen molar-refractivity contribution in [3.63, 3.8) is 0 Å². The predicted octanol–water partition coefficient (Wildman–Crippen LogP) is 18.5. The molecule has 336 valence electrons. The Bertz CT molecular complexity index is 4170. The van der Waals surface area contributed by atoms with E-state index < -0.39 is 10.8 Å². The number of thiophene rings is 1. The van der Waals surface area contributed by atoms with Crippen molar-refractivity contribution < 1.29 is 4.74 Å². The van der Waals surface area contributed by atoms with Crippen LogP contribution in [-0.2, 0) is 10.8 Å². The van der Waals surface area contributed by atoms with E-state index in [2.05, 4.69) is 254 Å². The minimum absolute atomic E-state index is 0.509. The van der Waals surface area contributed by atoms with Gasteiger partial charge in [0, 0.05) is 58.2 Å². The van der Waals surface area contributed by atoms with Crippen molar-refractivity contribution in [3.05, 3.63) is 293 Å². The smallest absolute Gasteiger partial charge is 0.132 e. The van der Waals surface area contributed by atoms with Crippen LogP contribution in [0.2, 0.25) is 0 Å². The summed E-state index contributed by atoms with van der Waals surface area (Å²) in [5.41, 5.74) is 19.9. The fourth-order valence-electron chi connectivity index (χ4n) is 13.2. The van der Waals surface area contributed by atoms with Gasteiger partial charge in [0.15, 0.2) is 0 Å². The van der Waals surface area contributed by atoms with E-state index in [0.29, 0.717) is 0 Å². The quantitative estimate of drug-likeness (QED) is 0.174. The van der Waals surface area contributed by atoms with Crippen LogP contribution in [0.4, 0.5) is 17.1 Å². The molecule has 1 aromatic heterocycles. The molecule has 2 spiro atoms. The first-order chi connectivity index (χ1) is 35.7. The molecule has 3 heterocycles. The molecular weight excluding hydrogens is 911 g/mol. The van der Waals surface area contributed by atoms with Gasteiger partial charge in [0.2, 0.25) is 0 Å². The maximum Gasteiger partial charge on any atom is 0.132 e. The van der Waals surface area contributed by atoms with Gasteiger partial charge in [0.25, 0.3) is 0 Å². The van der Waals surface area contributed by atoms with Gasteiger partial charge in [-0.25, -0.2) is 0 Å². The summed E-state index contributed by atoms with van der Waals surface area (Å²) in [6.07, 6.45) is 0. The standard InChI is InChI=1S/C68H41NOS2/c1-4-20-52-47(16-1)49-38-36-45(41-59(49)68(52)57-24-8-13-29-63(57)72-64-30-14-9-25-58(64)68)69(43-34-32-42(33-35-43)46-19-15-31-65-66(46)50-18-3-12-28-62(50)71-65)44-37-39-54-51(40-44)48-17-2-5-21-53(48)67(54)55-22-6-10-26-60(55)70-61-27-11-7-23-56(61)67/h1-41H. The summed E-state index contributed by atoms with van der Waals surface area (Å²) in [6, 6.07) is 92.9. The zero-order valence-electron chi connectivity index (χ0n) is 38.8. The number of para-hydroxylation sites is 2. The third kappa shape index (κ3) is 5.30. The maximum absolute atomic E-state index is 6.70. The number of benzene rings is 11. The number of anilines is 3. The van der Waals surface area contributed by atoms with Crippen LogP contribution in [0.3, 0.4) is 0 Å². The van der Waals surface area contributed by atoms with E-state index in [-0.39, 0.29) is 0 Å². The second-order valence-corrected chi connectivity index (χ2v) is 21.6. The molecule has 0 atom stereocenters. The monoisotopic (exact) mass is 951 g/mol. The van der Waals surface area contributed by atoms with Gasteiger partial charge in [-0.2, -0.15) is 0 Å². The third-order valence-electron chi connectivity index (χ3n) is 16.0. The molecule has 16 rings (SSSR count). The molecular formula is C68H41NOS2. The van der Waals surface area contributed by atoms with Crippen LogP contribution < -0.4 is 9.64 Å². The molecule has 0 unspecified atom stereocenters. The number of ether oxygens (including phenoxy) is 1. The summed E-state index contributed by atoms with van der Waals surface area (Å²) in [7, 11) is 0. The molecule has 0 saturated carbocycles. The van der Waals surface area contributed by atoms with Crippen LogP contribution in [0.15, 0.2) is 259 Å². The van der Waals surface area contributed by atoms with Gasteiger partial charge in [-0.15, -0.1) is 11.3 Å². The summed E-state index contributed by atoms with van der Waals surface area (Å²) < 4.78 is 9.32. The first-order valence-electron chi connectivity index (χ1n) is 24.7. The molecule has 2 nitrogen and oxygen atoms in total. The number of fused-ring (bicyclic) bond motifs is 21. The number of hydrogen-bond donors (Lipinski definition) is 0. The Kier molecular flexibility index (Phi) is 8.43. The lowest BCUT2D eigenvalue weighted by molar-refractivity contribution is 0.436. The normalized spacial score (nSPS) is 14.4. The number of nitrogens with zero attached hydrogens (tertiary/aromatic N) is 1. The Hall–Kier alpha value is -8.41. The van der Waals surface area contributed by atoms with Crippen molar-refractivity contribution in [1.29, 1.82) is 0 Å². The Labute approximate surface area is 426 Å². The van der Waals surface area contributed by atoms with Gasteiger partial charge in [-0.1, -0.05) is 188 Å². The van der Waals surface area contributed by atoms with Crippen molar-refractivity contribution >= 4 is 60.3 Å². The SMILES string of the molecule is c1ccc2c(c1)Oc1ccccc1C21c2ccccc2-c2cc(N(c3ccc(-c4cccc5sc6ccccc6c45)cc3)c3ccc4c(c3)C3(c5ccccc5Sc5ccccc53)c3ccccc3-4)ccc21. The molecule has 0 N–H and O–H groups in total. The average Bonchev–Trinajstić information content (AvgIpc) is 4.06. The molecule has 2 aliphatic heterocycles. The summed E-state index contributed by atoms with van der Waals surface area (Å²) in [6.45, 7) is 0. The number of rotatable bonds is 4. The highest BCUT2D eigenvalue weighted by Gasteiger charge is 2.52. The van der Waals surface area contributed by atoms with E-state index in [9.17, 15) is 0 Å². The van der Waals surface area contributed by atoms with Crippen molar-refractivity contribution in [1.82, 2.24) is 0 Å². The van der Waals surface area contributed by atoms with Gasteiger partial charge < -0.3 is 9.64 Å². The second-order valence-electron chi connectivity index (χ2n) is 19.4. The van der Waals surface area contributed by atoms with E-state index in [1.165, 1.54) is 108 Å². The highest BCUT2D eigenvalue weighted by atomic mass is 32.2. The lowest BCUT2D eigenvalue weighted by Gasteiger charge is -2.40. The number of hydrogen-bond acceptors (Lipinski definition) is 4. The van der Waals surface area contributed by atoms with Crippen molar-refractivity contribution in [3.8, 4) is 44.9 Å². The van der Waals surface area contributed by atoms with Crippen LogP contribution in [0.5, 0.6) is 11.5 Å². The minimum atomic E-state index is -0.555. The highest BCUT2D eigenvalue weighted by molar-refractivity contribution is 7.99. The molecule has 0 saturated heterocycles. The lowest BCUT2D eigenvalue weighted by atomic mass is 9.66. The zero-order chi connectivity index (χ0) is 47.1. The third-order valence-corrected chi connectivity index (χ3v) is 18.3. The Morgan fingerprint density at radius 1 is 0.319 bits per heavy atom. The Morgan fingerprint density at radius 3 is 1.51 bits per heavy atom. The van der Waals surface area contributed by atoms with Gasteiger partial charge in [0.05, 0.1) is 10.8 Å². The van der Waals surface area contributed by atoms with Gasteiger partial charge in [-0.05, 0) is 140 Å². The molecule has 0 fully saturated rings.